The van der Waals surface area contributed by atoms with Gasteiger partial charge in [-0.15, -0.1) is 0 Å². The number of urea groups is 1. The van der Waals surface area contributed by atoms with Crippen molar-refractivity contribution in [3.8, 4) is 17.2 Å². The first-order chi connectivity index (χ1) is 19.4. The zero-order valence-corrected chi connectivity index (χ0v) is 24.8. The fourth-order valence-electron chi connectivity index (χ4n) is 3.96. The number of carbonyl (C=O) groups excluding carboxylic acids is 1. The summed E-state index contributed by atoms with van der Waals surface area (Å²) in [5.74, 6) is 1.73. The van der Waals surface area contributed by atoms with Gasteiger partial charge in [0.05, 0.1) is 22.0 Å². The van der Waals surface area contributed by atoms with Gasteiger partial charge in [-0.05, 0) is 81.7 Å². The molecule has 4 rings (SSSR count). The van der Waals surface area contributed by atoms with Crippen molar-refractivity contribution >= 4 is 27.4 Å². The fourth-order valence-corrected chi connectivity index (χ4v) is 5.29. The molecule has 216 valence electrons. The third-order valence-corrected chi connectivity index (χ3v) is 7.96. The van der Waals surface area contributed by atoms with Gasteiger partial charge in [-0.1, -0.05) is 26.8 Å². The summed E-state index contributed by atoms with van der Waals surface area (Å²) < 4.78 is 33.4. The van der Waals surface area contributed by atoms with Crippen LogP contribution in [-0.2, 0) is 15.3 Å². The Morgan fingerprint density at radius 2 is 1.63 bits per heavy atom. The van der Waals surface area contributed by atoms with E-state index in [1.165, 1.54) is 0 Å². The van der Waals surface area contributed by atoms with E-state index in [4.69, 9.17) is 9.84 Å². The first kappa shape index (κ1) is 29.8. The number of nitrogens with zero attached hydrogens (tertiary/aromatic N) is 4. The summed E-state index contributed by atoms with van der Waals surface area (Å²) in [5.41, 5.74) is 1.53. The highest BCUT2D eigenvalue weighted by atomic mass is 32.2. The number of hydrogen-bond acceptors (Lipinski definition) is 7. The van der Waals surface area contributed by atoms with Gasteiger partial charge < -0.3 is 15.0 Å². The van der Waals surface area contributed by atoms with Gasteiger partial charge in [-0.3, -0.25) is 10.3 Å². The van der Waals surface area contributed by atoms with Crippen molar-refractivity contribution < 1.29 is 17.9 Å². The SMILES string of the molecule is CN(C)CCCS(=O)(=O)c1cccc(-n2nc(C(C)(C)C)cc2NC(=O)Nc2ccc(Oc3ccncc3)cc2)c1. The Kier molecular flexibility index (Phi) is 9.09. The van der Waals surface area contributed by atoms with Crippen molar-refractivity contribution in [3.63, 3.8) is 0 Å². The average Bonchev–Trinajstić information content (AvgIpc) is 3.34. The molecule has 11 heteroatoms. The Balaban J connectivity index is 1.53. The zero-order chi connectivity index (χ0) is 29.6. The molecule has 0 spiro atoms. The predicted molar refractivity (Wildman–Crippen MR) is 161 cm³/mol. The lowest BCUT2D eigenvalue weighted by Crippen LogP contribution is -2.21. The summed E-state index contributed by atoms with van der Waals surface area (Å²) in [6, 6.07) is 18.4. The van der Waals surface area contributed by atoms with Gasteiger partial charge >= 0.3 is 6.03 Å². The minimum atomic E-state index is -3.49. The van der Waals surface area contributed by atoms with E-state index < -0.39 is 15.9 Å². The molecule has 0 radical (unpaired) electrons. The second-order valence-corrected chi connectivity index (χ2v) is 13.0. The van der Waals surface area contributed by atoms with Crippen molar-refractivity contribution in [1.29, 1.82) is 0 Å². The van der Waals surface area contributed by atoms with Crippen LogP contribution >= 0.6 is 0 Å². The first-order valence-electron chi connectivity index (χ1n) is 13.3. The van der Waals surface area contributed by atoms with E-state index in [2.05, 4.69) is 15.6 Å². The number of amides is 2. The number of sulfone groups is 1. The van der Waals surface area contributed by atoms with Gasteiger partial charge in [0.2, 0.25) is 0 Å². The number of rotatable bonds is 10. The van der Waals surface area contributed by atoms with Crippen LogP contribution in [0, 0.1) is 0 Å². The molecule has 0 bridgehead atoms. The Bertz CT molecular complexity index is 1580. The quantitative estimate of drug-likeness (QED) is 0.248. The first-order valence-corrected chi connectivity index (χ1v) is 14.9. The highest BCUT2D eigenvalue weighted by Gasteiger charge is 2.23. The van der Waals surface area contributed by atoms with Crippen molar-refractivity contribution in [1.82, 2.24) is 19.7 Å². The lowest BCUT2D eigenvalue weighted by Gasteiger charge is -2.14. The van der Waals surface area contributed by atoms with Crippen LogP contribution < -0.4 is 15.4 Å². The Morgan fingerprint density at radius 1 is 0.951 bits per heavy atom. The Morgan fingerprint density at radius 3 is 2.29 bits per heavy atom. The topological polar surface area (TPSA) is 118 Å². The molecular weight excluding hydrogens is 540 g/mol. The molecule has 0 saturated carbocycles. The van der Waals surface area contributed by atoms with Crippen LogP contribution in [0.25, 0.3) is 5.69 Å². The molecule has 4 aromatic rings. The number of carbonyl (C=O) groups is 1. The Hall–Kier alpha value is -4.22. The minimum Gasteiger partial charge on any atom is -0.457 e. The maximum absolute atomic E-state index is 13.0. The highest BCUT2D eigenvalue weighted by molar-refractivity contribution is 7.91. The van der Waals surface area contributed by atoms with E-state index in [1.807, 2.05) is 39.8 Å². The molecule has 2 amide bonds. The van der Waals surface area contributed by atoms with Crippen LogP contribution in [-0.4, -0.2) is 60.5 Å². The monoisotopic (exact) mass is 576 g/mol. The van der Waals surface area contributed by atoms with E-state index in [1.54, 1.807) is 83.8 Å². The molecule has 0 aliphatic carbocycles. The van der Waals surface area contributed by atoms with E-state index in [-0.39, 0.29) is 16.1 Å². The maximum atomic E-state index is 13.0. The molecule has 0 unspecified atom stereocenters. The van der Waals surface area contributed by atoms with Gasteiger partial charge in [0.15, 0.2) is 9.84 Å². The van der Waals surface area contributed by atoms with Crippen LogP contribution in [0.15, 0.2) is 84.0 Å². The summed E-state index contributed by atoms with van der Waals surface area (Å²) >= 11 is 0. The molecule has 0 atom stereocenters. The standard InChI is InChI=1S/C30H36N6O4S/c1-30(2,3)27-21-28(33-29(37)32-22-10-12-24(13-11-22)40-25-14-16-31-17-15-25)36(34-27)23-8-6-9-26(20-23)41(38,39)19-7-18-35(4)5/h6,8-17,20-21H,7,18-19H2,1-5H3,(H2,32,33,37). The van der Waals surface area contributed by atoms with E-state index in [9.17, 15) is 13.2 Å². The molecule has 2 aromatic heterocycles. The molecule has 41 heavy (non-hydrogen) atoms. The minimum absolute atomic E-state index is 0.0425. The lowest BCUT2D eigenvalue weighted by molar-refractivity contribution is 0.262. The molecule has 0 fully saturated rings. The van der Waals surface area contributed by atoms with Crippen LogP contribution in [0.3, 0.4) is 0 Å². The van der Waals surface area contributed by atoms with Crippen molar-refractivity contribution in [2.45, 2.75) is 37.5 Å². The average molecular weight is 577 g/mol. The fraction of sp³-hybridized carbons (Fsp3) is 0.300. The summed E-state index contributed by atoms with van der Waals surface area (Å²) in [6.45, 7) is 6.73. The van der Waals surface area contributed by atoms with Gasteiger partial charge in [0, 0.05) is 29.6 Å². The third-order valence-electron chi connectivity index (χ3n) is 6.16. The molecule has 10 nitrogen and oxygen atoms in total. The highest BCUT2D eigenvalue weighted by Crippen LogP contribution is 2.28. The normalized spacial score (nSPS) is 11.9. The number of anilines is 2. The number of hydrogen-bond donors (Lipinski definition) is 2. The second-order valence-electron chi connectivity index (χ2n) is 10.9. The van der Waals surface area contributed by atoms with Crippen molar-refractivity contribution in [2.24, 2.45) is 0 Å². The van der Waals surface area contributed by atoms with Crippen molar-refractivity contribution in [3.05, 3.63) is 84.8 Å². The largest absolute Gasteiger partial charge is 0.457 e. The second kappa shape index (κ2) is 12.5. The molecule has 2 heterocycles. The van der Waals surface area contributed by atoms with E-state index in [0.29, 0.717) is 41.7 Å². The number of aromatic nitrogens is 3. The van der Waals surface area contributed by atoms with E-state index in [0.717, 1.165) is 5.69 Å². The summed E-state index contributed by atoms with van der Waals surface area (Å²) in [6.07, 6.45) is 3.82. The Labute approximate surface area is 241 Å². The number of nitrogens with one attached hydrogen (secondary N) is 2. The smallest absolute Gasteiger partial charge is 0.324 e. The number of pyridine rings is 1. The molecule has 2 aromatic carbocycles. The van der Waals surface area contributed by atoms with Crippen LogP contribution in [0.4, 0.5) is 16.3 Å². The molecule has 2 N–H and O–H groups in total. The van der Waals surface area contributed by atoms with E-state index >= 15 is 0 Å². The summed E-state index contributed by atoms with van der Waals surface area (Å²) in [7, 11) is 0.336. The number of benzene rings is 2. The summed E-state index contributed by atoms with van der Waals surface area (Å²) in [4.78, 5) is 19.1. The lowest BCUT2D eigenvalue weighted by atomic mass is 9.92. The zero-order valence-electron chi connectivity index (χ0n) is 24.0. The maximum Gasteiger partial charge on any atom is 0.324 e. The van der Waals surface area contributed by atoms with Gasteiger partial charge in [0.1, 0.15) is 17.3 Å². The summed E-state index contributed by atoms with van der Waals surface area (Å²) in [5, 5.41) is 10.4. The van der Waals surface area contributed by atoms with Gasteiger partial charge in [-0.2, -0.15) is 5.10 Å². The van der Waals surface area contributed by atoms with Gasteiger partial charge in [-0.25, -0.2) is 17.9 Å². The molecular formula is C30H36N6O4S. The van der Waals surface area contributed by atoms with Gasteiger partial charge in [0.25, 0.3) is 0 Å². The van der Waals surface area contributed by atoms with Crippen LogP contribution in [0.5, 0.6) is 11.5 Å². The molecule has 0 aliphatic heterocycles. The number of ether oxygens (including phenoxy) is 1. The third kappa shape index (κ3) is 8.15. The van der Waals surface area contributed by atoms with Crippen LogP contribution in [0.2, 0.25) is 0 Å². The molecule has 0 saturated heterocycles. The van der Waals surface area contributed by atoms with Crippen molar-refractivity contribution in [2.75, 3.05) is 37.0 Å². The van der Waals surface area contributed by atoms with Crippen LogP contribution in [0.1, 0.15) is 32.9 Å². The predicted octanol–water partition coefficient (Wildman–Crippen LogP) is 5.73. The molecule has 0 aliphatic rings.